The maximum atomic E-state index is 13.5. The van der Waals surface area contributed by atoms with E-state index in [1.54, 1.807) is 0 Å². The monoisotopic (exact) mass is 279 g/mol. The third-order valence-electron chi connectivity index (χ3n) is 3.79. The fourth-order valence-corrected chi connectivity index (χ4v) is 2.40. The van der Waals surface area contributed by atoms with Crippen LogP contribution in [0, 0.1) is 29.0 Å². The van der Waals surface area contributed by atoms with Crippen molar-refractivity contribution < 1.29 is 13.6 Å². The first-order chi connectivity index (χ1) is 9.47. The van der Waals surface area contributed by atoms with Crippen LogP contribution in [0.2, 0.25) is 0 Å². The fraction of sp³-hybridized carbons (Fsp3) is 0.500. The van der Waals surface area contributed by atoms with Crippen molar-refractivity contribution in [2.24, 2.45) is 5.92 Å². The molecular weight excluding hydrogens is 264 g/mol. The molecule has 4 nitrogen and oxygen atoms in total. The van der Waals surface area contributed by atoms with Gasteiger partial charge < -0.3 is 5.32 Å². The van der Waals surface area contributed by atoms with E-state index < -0.39 is 28.8 Å². The van der Waals surface area contributed by atoms with Gasteiger partial charge in [-0.1, -0.05) is 6.92 Å². The van der Waals surface area contributed by atoms with Crippen LogP contribution in [-0.4, -0.2) is 16.4 Å². The molecule has 0 saturated heterocycles. The zero-order valence-corrected chi connectivity index (χ0v) is 11.1. The molecule has 0 aromatic carbocycles. The van der Waals surface area contributed by atoms with E-state index in [1.165, 1.54) is 0 Å². The first-order valence-electron chi connectivity index (χ1n) is 6.51. The normalized spacial score (nSPS) is 25.8. The second kappa shape index (κ2) is 5.53. The molecule has 1 aliphatic rings. The van der Waals surface area contributed by atoms with E-state index in [0.717, 1.165) is 25.1 Å². The summed E-state index contributed by atoms with van der Waals surface area (Å²) in [6.45, 7) is 2.08. The van der Waals surface area contributed by atoms with Gasteiger partial charge >= 0.3 is 0 Å². The number of rotatable bonds is 2. The molecule has 1 N–H and O–H groups in total. The number of aromatic nitrogens is 1. The number of nitriles is 1. The standard InChI is InChI=1S/C14H15F2N3O/c1-9-2-5-14(8-17,6-3-9)19-13(20)10-4-7-18-12(16)11(10)15/h4,7,9H,2-3,5-6H2,1H3,(H,19,20). The molecule has 0 aliphatic heterocycles. The number of amides is 1. The van der Waals surface area contributed by atoms with Crippen molar-refractivity contribution in [2.75, 3.05) is 0 Å². The Morgan fingerprint density at radius 3 is 2.75 bits per heavy atom. The largest absolute Gasteiger partial charge is 0.334 e. The Labute approximate surface area is 115 Å². The highest BCUT2D eigenvalue weighted by Crippen LogP contribution is 2.31. The van der Waals surface area contributed by atoms with Crippen molar-refractivity contribution in [2.45, 2.75) is 38.1 Å². The van der Waals surface area contributed by atoms with Gasteiger partial charge in [-0.2, -0.15) is 9.65 Å². The summed E-state index contributed by atoms with van der Waals surface area (Å²) in [5, 5.41) is 11.9. The summed E-state index contributed by atoms with van der Waals surface area (Å²) in [6.07, 6.45) is 3.70. The zero-order chi connectivity index (χ0) is 14.8. The Hall–Kier alpha value is -2.03. The number of nitrogens with zero attached hydrogens (tertiary/aromatic N) is 2. The van der Waals surface area contributed by atoms with E-state index in [-0.39, 0.29) is 0 Å². The van der Waals surface area contributed by atoms with Gasteiger partial charge in [0, 0.05) is 6.20 Å². The van der Waals surface area contributed by atoms with Crippen LogP contribution < -0.4 is 5.32 Å². The number of hydrogen-bond acceptors (Lipinski definition) is 3. The summed E-state index contributed by atoms with van der Waals surface area (Å²) in [4.78, 5) is 15.2. The van der Waals surface area contributed by atoms with Crippen LogP contribution in [0.25, 0.3) is 0 Å². The molecule has 1 amide bonds. The van der Waals surface area contributed by atoms with E-state index in [2.05, 4.69) is 23.3 Å². The summed E-state index contributed by atoms with van der Waals surface area (Å²) in [5.74, 6) is -2.88. The van der Waals surface area contributed by atoms with Crippen LogP contribution in [0.4, 0.5) is 8.78 Å². The van der Waals surface area contributed by atoms with Crippen molar-refractivity contribution in [3.63, 3.8) is 0 Å². The van der Waals surface area contributed by atoms with E-state index in [9.17, 15) is 18.8 Å². The third kappa shape index (κ3) is 2.77. The molecule has 1 aromatic rings. The highest BCUT2D eigenvalue weighted by molar-refractivity contribution is 5.95. The lowest BCUT2D eigenvalue weighted by Gasteiger charge is -2.34. The number of halogens is 2. The van der Waals surface area contributed by atoms with Gasteiger partial charge in [-0.25, -0.2) is 9.37 Å². The van der Waals surface area contributed by atoms with Gasteiger partial charge in [-0.3, -0.25) is 4.79 Å². The highest BCUT2D eigenvalue weighted by atomic mass is 19.2. The first kappa shape index (κ1) is 14.4. The topological polar surface area (TPSA) is 65.8 Å². The number of carbonyl (C=O) groups is 1. The Morgan fingerprint density at radius 2 is 2.15 bits per heavy atom. The molecule has 1 heterocycles. The molecule has 0 spiro atoms. The molecule has 1 aliphatic carbocycles. The van der Waals surface area contributed by atoms with Crippen LogP contribution in [0.15, 0.2) is 12.3 Å². The zero-order valence-electron chi connectivity index (χ0n) is 11.1. The molecule has 2 rings (SSSR count). The quantitative estimate of drug-likeness (QED) is 0.846. The molecule has 1 saturated carbocycles. The average Bonchev–Trinajstić information content (AvgIpc) is 2.44. The molecule has 0 unspecified atom stereocenters. The van der Waals surface area contributed by atoms with Gasteiger partial charge in [0.25, 0.3) is 5.91 Å². The minimum Gasteiger partial charge on any atom is -0.334 e. The van der Waals surface area contributed by atoms with Gasteiger partial charge in [-0.05, 0) is 37.7 Å². The minimum absolute atomic E-state index is 0.425. The van der Waals surface area contributed by atoms with Crippen LogP contribution in [0.1, 0.15) is 43.0 Å². The van der Waals surface area contributed by atoms with Crippen LogP contribution in [-0.2, 0) is 0 Å². The lowest BCUT2D eigenvalue weighted by atomic mass is 9.78. The molecule has 20 heavy (non-hydrogen) atoms. The number of pyridine rings is 1. The molecule has 1 fully saturated rings. The number of hydrogen-bond donors (Lipinski definition) is 1. The number of carbonyl (C=O) groups excluding carboxylic acids is 1. The van der Waals surface area contributed by atoms with Crippen molar-refractivity contribution in [1.29, 1.82) is 5.26 Å². The van der Waals surface area contributed by atoms with Crippen molar-refractivity contribution in [1.82, 2.24) is 10.3 Å². The first-order valence-corrected chi connectivity index (χ1v) is 6.51. The van der Waals surface area contributed by atoms with Crippen LogP contribution >= 0.6 is 0 Å². The minimum atomic E-state index is -1.32. The highest BCUT2D eigenvalue weighted by Gasteiger charge is 2.36. The SMILES string of the molecule is CC1CCC(C#N)(NC(=O)c2ccnc(F)c2F)CC1. The Morgan fingerprint density at radius 1 is 1.50 bits per heavy atom. The summed E-state index contributed by atoms with van der Waals surface area (Å²) in [5.41, 5.74) is -1.42. The second-order valence-electron chi connectivity index (χ2n) is 5.29. The predicted octanol–water partition coefficient (Wildman–Crippen LogP) is 2.56. The van der Waals surface area contributed by atoms with E-state index >= 15 is 0 Å². The summed E-state index contributed by atoms with van der Waals surface area (Å²) < 4.78 is 26.5. The van der Waals surface area contributed by atoms with Crippen LogP contribution in [0.3, 0.4) is 0 Å². The Balaban J connectivity index is 2.18. The van der Waals surface area contributed by atoms with Gasteiger partial charge in [0.2, 0.25) is 5.95 Å². The van der Waals surface area contributed by atoms with Gasteiger partial charge in [0.1, 0.15) is 5.54 Å². The predicted molar refractivity (Wildman–Crippen MR) is 67.6 cm³/mol. The molecule has 1 aromatic heterocycles. The molecular formula is C14H15F2N3O. The van der Waals surface area contributed by atoms with E-state index in [1.807, 2.05) is 0 Å². The molecule has 6 heteroatoms. The fourth-order valence-electron chi connectivity index (χ4n) is 2.40. The van der Waals surface area contributed by atoms with Crippen molar-refractivity contribution in [3.05, 3.63) is 29.6 Å². The van der Waals surface area contributed by atoms with E-state index in [4.69, 9.17) is 0 Å². The maximum absolute atomic E-state index is 13.5. The van der Waals surface area contributed by atoms with Crippen molar-refractivity contribution in [3.8, 4) is 6.07 Å². The van der Waals surface area contributed by atoms with Crippen molar-refractivity contribution >= 4 is 5.91 Å². The lowest BCUT2D eigenvalue weighted by molar-refractivity contribution is 0.0888. The molecule has 0 atom stereocenters. The van der Waals surface area contributed by atoms with Gasteiger partial charge in [0.05, 0.1) is 11.6 Å². The Kier molecular flexibility index (Phi) is 3.98. The third-order valence-corrected chi connectivity index (χ3v) is 3.79. The van der Waals surface area contributed by atoms with Gasteiger partial charge in [-0.15, -0.1) is 0 Å². The second-order valence-corrected chi connectivity index (χ2v) is 5.29. The number of nitrogens with one attached hydrogen (secondary N) is 1. The molecule has 106 valence electrons. The summed E-state index contributed by atoms with van der Waals surface area (Å²) in [6, 6.07) is 3.21. The molecule has 0 radical (unpaired) electrons. The summed E-state index contributed by atoms with van der Waals surface area (Å²) >= 11 is 0. The van der Waals surface area contributed by atoms with Crippen LogP contribution in [0.5, 0.6) is 0 Å². The lowest BCUT2D eigenvalue weighted by Crippen LogP contribution is -2.49. The van der Waals surface area contributed by atoms with Gasteiger partial charge in [0.15, 0.2) is 5.82 Å². The summed E-state index contributed by atoms with van der Waals surface area (Å²) in [7, 11) is 0. The smallest absolute Gasteiger partial charge is 0.255 e. The molecule has 0 bridgehead atoms. The van der Waals surface area contributed by atoms with E-state index in [0.29, 0.717) is 18.8 Å². The Bertz CT molecular complexity index is 560. The maximum Gasteiger partial charge on any atom is 0.255 e. The average molecular weight is 279 g/mol.